The lowest BCUT2D eigenvalue weighted by Crippen LogP contribution is -2.43. The van der Waals surface area contributed by atoms with Crippen molar-refractivity contribution in [2.45, 2.75) is 26.8 Å². The van der Waals surface area contributed by atoms with Crippen LogP contribution in [0.4, 0.5) is 0 Å². The molecule has 7 nitrogen and oxygen atoms in total. The van der Waals surface area contributed by atoms with Gasteiger partial charge in [-0.05, 0) is 51.1 Å². The molecule has 0 saturated carbocycles. The van der Waals surface area contributed by atoms with Gasteiger partial charge in [0.25, 0.3) is 11.5 Å². The quantitative estimate of drug-likeness (QED) is 0.371. The summed E-state index contributed by atoms with van der Waals surface area (Å²) in [5.41, 5.74) is 2.19. The van der Waals surface area contributed by atoms with Crippen molar-refractivity contribution in [1.29, 1.82) is 0 Å². The van der Waals surface area contributed by atoms with Crippen molar-refractivity contribution in [2.24, 2.45) is 4.99 Å². The maximum absolute atomic E-state index is 14.0. The Bertz CT molecular complexity index is 1630. The van der Waals surface area contributed by atoms with Crippen LogP contribution in [-0.4, -0.2) is 42.2 Å². The van der Waals surface area contributed by atoms with Gasteiger partial charge in [-0.3, -0.25) is 14.2 Å². The van der Waals surface area contributed by atoms with Gasteiger partial charge in [0.05, 0.1) is 22.9 Å². The van der Waals surface area contributed by atoms with Crippen molar-refractivity contribution in [2.75, 3.05) is 26.8 Å². The van der Waals surface area contributed by atoms with E-state index in [2.05, 4.69) is 21.9 Å². The number of nitrogens with zero attached hydrogens (tertiary/aromatic N) is 3. The molecule has 0 bridgehead atoms. The van der Waals surface area contributed by atoms with E-state index in [-0.39, 0.29) is 18.1 Å². The smallest absolute Gasteiger partial charge is 0.271 e. The molecule has 1 aliphatic heterocycles. The average Bonchev–Trinajstić information content (AvgIpc) is 3.22. The van der Waals surface area contributed by atoms with Gasteiger partial charge in [-0.25, -0.2) is 4.99 Å². The number of para-hydroxylation sites is 1. The van der Waals surface area contributed by atoms with Crippen LogP contribution in [0.2, 0.25) is 0 Å². The van der Waals surface area contributed by atoms with Crippen LogP contribution < -0.4 is 24.4 Å². The van der Waals surface area contributed by atoms with E-state index in [1.54, 1.807) is 28.7 Å². The monoisotopic (exact) mass is 593 g/mol. The number of carbonyl (C=O) groups is 1. The number of amides is 1. The van der Waals surface area contributed by atoms with Gasteiger partial charge in [-0.2, -0.15) is 0 Å². The first-order valence-corrected chi connectivity index (χ1v) is 13.8. The Hall–Kier alpha value is -3.61. The summed E-state index contributed by atoms with van der Waals surface area (Å²) < 4.78 is 14.2. The number of methoxy groups -OCH3 is 1. The van der Waals surface area contributed by atoms with Crippen molar-refractivity contribution in [3.05, 3.63) is 89.0 Å². The molecule has 0 fully saturated rings. The molecule has 0 spiro atoms. The van der Waals surface area contributed by atoms with Crippen molar-refractivity contribution in [3.63, 3.8) is 0 Å². The predicted molar refractivity (Wildman–Crippen MR) is 153 cm³/mol. The zero-order valence-corrected chi connectivity index (χ0v) is 24.1. The molecule has 0 aliphatic carbocycles. The third kappa shape index (κ3) is 5.19. The maximum atomic E-state index is 14.0. The minimum atomic E-state index is -0.697. The normalized spacial score (nSPS) is 14.9. The van der Waals surface area contributed by atoms with E-state index in [1.807, 2.05) is 57.2 Å². The predicted octanol–water partition coefficient (Wildman–Crippen LogP) is 3.89. The van der Waals surface area contributed by atoms with Crippen molar-refractivity contribution < 1.29 is 14.3 Å². The van der Waals surface area contributed by atoms with Crippen LogP contribution in [0.15, 0.2) is 68.0 Å². The fraction of sp³-hybridized carbons (Fsp3) is 0.276. The number of ether oxygens (including phenoxy) is 2. The highest BCUT2D eigenvalue weighted by Gasteiger charge is 2.35. The highest BCUT2D eigenvalue weighted by molar-refractivity contribution is 9.10. The van der Waals surface area contributed by atoms with Gasteiger partial charge in [-0.15, -0.1) is 6.42 Å². The average molecular weight is 595 g/mol. The summed E-state index contributed by atoms with van der Waals surface area (Å²) >= 11 is 4.75. The number of terminal acetylenes is 1. The summed E-state index contributed by atoms with van der Waals surface area (Å²) in [5.74, 6) is 3.46. The van der Waals surface area contributed by atoms with E-state index in [9.17, 15) is 9.59 Å². The molecular formula is C29H28BrN3O4S. The molecule has 3 aromatic rings. The van der Waals surface area contributed by atoms with Gasteiger partial charge in [0.2, 0.25) is 0 Å². The standard InChI is InChI=1S/C29H28BrN3O4S/c1-6-15-37-22-14-13-20(30)16-19(22)17-24-27(34)33-26(21-11-9-10-12-23(21)36-5)25(18(4)31-29(33)38-24)28(35)32(7-2)8-3/h1,9-14,16-17,26H,7-8,15H2,2-5H3/b24-17+/t26-/m1/s1. The van der Waals surface area contributed by atoms with Crippen LogP contribution in [-0.2, 0) is 4.79 Å². The molecule has 0 radical (unpaired) electrons. The molecule has 1 atom stereocenters. The molecule has 0 unspecified atom stereocenters. The van der Waals surface area contributed by atoms with Crippen LogP contribution in [0.5, 0.6) is 11.5 Å². The Morgan fingerprint density at radius 3 is 2.66 bits per heavy atom. The molecule has 0 N–H and O–H groups in total. The molecule has 1 aliphatic rings. The van der Waals surface area contributed by atoms with Crippen LogP contribution in [0.3, 0.4) is 0 Å². The molecule has 9 heteroatoms. The molecule has 196 valence electrons. The summed E-state index contributed by atoms with van der Waals surface area (Å²) in [7, 11) is 1.58. The Kier molecular flexibility index (Phi) is 8.55. The molecule has 1 aromatic heterocycles. The van der Waals surface area contributed by atoms with Gasteiger partial charge in [0, 0.05) is 28.7 Å². The lowest BCUT2D eigenvalue weighted by molar-refractivity contribution is -0.127. The summed E-state index contributed by atoms with van der Waals surface area (Å²) in [6.07, 6.45) is 7.15. The third-order valence-electron chi connectivity index (χ3n) is 6.31. The van der Waals surface area contributed by atoms with Crippen LogP contribution in [0, 0.1) is 12.3 Å². The SMILES string of the molecule is C#CCOc1ccc(Br)cc1/C=c1/sc2n(c1=O)[C@H](c1ccccc1OC)C(C(=O)N(CC)CC)=C(C)N=2. The van der Waals surface area contributed by atoms with Crippen molar-refractivity contribution >= 4 is 39.2 Å². The number of hydrogen-bond donors (Lipinski definition) is 0. The van der Waals surface area contributed by atoms with E-state index in [4.69, 9.17) is 20.9 Å². The molecular weight excluding hydrogens is 566 g/mol. The van der Waals surface area contributed by atoms with Crippen LogP contribution in [0.1, 0.15) is 37.9 Å². The van der Waals surface area contributed by atoms with Gasteiger partial charge in [0.1, 0.15) is 24.1 Å². The van der Waals surface area contributed by atoms with E-state index in [1.165, 1.54) is 11.3 Å². The Labute approximate surface area is 233 Å². The second kappa shape index (κ2) is 11.8. The van der Waals surface area contributed by atoms with E-state index in [0.717, 1.165) is 4.47 Å². The fourth-order valence-electron chi connectivity index (χ4n) is 4.49. The third-order valence-corrected chi connectivity index (χ3v) is 7.78. The second-order valence-corrected chi connectivity index (χ2v) is 10.4. The van der Waals surface area contributed by atoms with Crippen LogP contribution in [0.25, 0.3) is 6.08 Å². The number of carbonyl (C=O) groups excluding carboxylic acids is 1. The topological polar surface area (TPSA) is 73.1 Å². The minimum absolute atomic E-state index is 0.105. The lowest BCUT2D eigenvalue weighted by atomic mass is 9.94. The first-order chi connectivity index (χ1) is 18.3. The number of halogens is 1. The number of allylic oxidation sites excluding steroid dienone is 1. The maximum Gasteiger partial charge on any atom is 0.271 e. The Morgan fingerprint density at radius 2 is 1.97 bits per heavy atom. The number of rotatable bonds is 8. The lowest BCUT2D eigenvalue weighted by Gasteiger charge is -2.29. The molecule has 2 heterocycles. The van der Waals surface area contributed by atoms with Crippen molar-refractivity contribution in [1.82, 2.24) is 9.47 Å². The molecule has 1 amide bonds. The second-order valence-electron chi connectivity index (χ2n) is 8.48. The number of likely N-dealkylation sites (N-methyl/N-ethyl adjacent to an activating group) is 1. The molecule has 2 aromatic carbocycles. The number of fused-ring (bicyclic) bond motifs is 1. The fourth-order valence-corrected chi connectivity index (χ4v) is 5.90. The molecule has 4 rings (SSSR count). The van der Waals surface area contributed by atoms with Crippen molar-refractivity contribution in [3.8, 4) is 23.8 Å². The highest BCUT2D eigenvalue weighted by atomic mass is 79.9. The number of aromatic nitrogens is 1. The minimum Gasteiger partial charge on any atom is -0.496 e. The zero-order valence-electron chi connectivity index (χ0n) is 21.7. The van der Waals surface area contributed by atoms with Gasteiger partial charge >= 0.3 is 0 Å². The number of hydrogen-bond acceptors (Lipinski definition) is 6. The Morgan fingerprint density at radius 1 is 1.24 bits per heavy atom. The Balaban J connectivity index is 1.99. The van der Waals surface area contributed by atoms with E-state index < -0.39 is 6.04 Å². The highest BCUT2D eigenvalue weighted by Crippen LogP contribution is 2.36. The number of thiazole rings is 1. The summed E-state index contributed by atoms with van der Waals surface area (Å²) in [5, 5.41) is 0. The summed E-state index contributed by atoms with van der Waals surface area (Å²) in [6, 6.07) is 12.3. The van der Waals surface area contributed by atoms with Gasteiger partial charge in [0.15, 0.2) is 4.80 Å². The van der Waals surface area contributed by atoms with Crippen LogP contribution >= 0.6 is 27.3 Å². The first-order valence-electron chi connectivity index (χ1n) is 12.1. The van der Waals surface area contributed by atoms with Gasteiger partial charge < -0.3 is 14.4 Å². The largest absolute Gasteiger partial charge is 0.496 e. The van der Waals surface area contributed by atoms with E-state index in [0.29, 0.717) is 56.3 Å². The summed E-state index contributed by atoms with van der Waals surface area (Å²) in [6.45, 7) is 6.87. The summed E-state index contributed by atoms with van der Waals surface area (Å²) in [4.78, 5) is 34.7. The molecule has 38 heavy (non-hydrogen) atoms. The molecule has 0 saturated heterocycles. The van der Waals surface area contributed by atoms with Gasteiger partial charge in [-0.1, -0.05) is 51.4 Å². The van der Waals surface area contributed by atoms with E-state index >= 15 is 0 Å². The number of benzene rings is 2. The zero-order chi connectivity index (χ0) is 27.4. The first kappa shape index (κ1) is 27.4.